The SMILES string of the molecule is CN1CCC(CNc2ncc3c(-c4ccc5c(c4)OCCNC5=O)c[nH]c3n2)CC1. The number of aromatic nitrogens is 3. The molecule has 5 rings (SSSR count). The van der Waals surface area contributed by atoms with Crippen LogP contribution in [-0.2, 0) is 0 Å². The number of hydrogen-bond donors (Lipinski definition) is 3. The second-order valence-electron chi connectivity index (χ2n) is 8.10. The van der Waals surface area contributed by atoms with Crippen LogP contribution in [0.2, 0.25) is 0 Å². The summed E-state index contributed by atoms with van der Waals surface area (Å²) in [5.41, 5.74) is 3.31. The summed E-state index contributed by atoms with van der Waals surface area (Å²) in [5.74, 6) is 1.82. The van der Waals surface area contributed by atoms with Crippen molar-refractivity contribution in [2.24, 2.45) is 5.92 Å². The number of anilines is 1. The second kappa shape index (κ2) is 7.95. The number of carbonyl (C=O) groups excluding carboxylic acids is 1. The van der Waals surface area contributed by atoms with Crippen molar-refractivity contribution in [2.75, 3.05) is 45.2 Å². The minimum atomic E-state index is -0.100. The third kappa shape index (κ3) is 3.70. The Morgan fingerprint density at radius 3 is 3.00 bits per heavy atom. The maximum absolute atomic E-state index is 12.1. The van der Waals surface area contributed by atoms with Gasteiger partial charge in [0.25, 0.3) is 5.91 Å². The average molecular weight is 406 g/mol. The zero-order valence-corrected chi connectivity index (χ0v) is 17.1. The van der Waals surface area contributed by atoms with E-state index in [4.69, 9.17) is 4.74 Å². The molecule has 0 radical (unpaired) electrons. The van der Waals surface area contributed by atoms with E-state index in [2.05, 4.69) is 37.5 Å². The first kappa shape index (κ1) is 18.9. The highest BCUT2D eigenvalue weighted by Gasteiger charge is 2.19. The Hall–Kier alpha value is -3.13. The van der Waals surface area contributed by atoms with Gasteiger partial charge in [-0.3, -0.25) is 4.79 Å². The van der Waals surface area contributed by atoms with Gasteiger partial charge < -0.3 is 25.3 Å². The molecule has 1 saturated heterocycles. The van der Waals surface area contributed by atoms with Crippen molar-refractivity contribution in [3.05, 3.63) is 36.2 Å². The molecule has 4 heterocycles. The highest BCUT2D eigenvalue weighted by atomic mass is 16.5. The van der Waals surface area contributed by atoms with Gasteiger partial charge in [0.15, 0.2) is 0 Å². The van der Waals surface area contributed by atoms with Gasteiger partial charge in [0, 0.05) is 29.9 Å². The monoisotopic (exact) mass is 406 g/mol. The Morgan fingerprint density at radius 1 is 1.27 bits per heavy atom. The van der Waals surface area contributed by atoms with Crippen LogP contribution in [0.5, 0.6) is 5.75 Å². The summed E-state index contributed by atoms with van der Waals surface area (Å²) in [6.07, 6.45) is 6.19. The number of nitrogens with zero attached hydrogens (tertiary/aromatic N) is 3. The molecule has 0 saturated carbocycles. The van der Waals surface area contributed by atoms with Crippen molar-refractivity contribution in [3.8, 4) is 16.9 Å². The molecule has 0 spiro atoms. The van der Waals surface area contributed by atoms with Crippen LogP contribution >= 0.6 is 0 Å². The molecule has 0 atom stereocenters. The molecule has 1 fully saturated rings. The molecule has 0 aliphatic carbocycles. The summed E-state index contributed by atoms with van der Waals surface area (Å²) in [6.45, 7) is 4.18. The number of carbonyl (C=O) groups is 1. The topological polar surface area (TPSA) is 95.2 Å². The lowest BCUT2D eigenvalue weighted by Crippen LogP contribution is -2.33. The Morgan fingerprint density at radius 2 is 2.13 bits per heavy atom. The van der Waals surface area contributed by atoms with Crippen molar-refractivity contribution in [3.63, 3.8) is 0 Å². The van der Waals surface area contributed by atoms with Crippen LogP contribution in [0.15, 0.2) is 30.6 Å². The van der Waals surface area contributed by atoms with E-state index in [-0.39, 0.29) is 5.91 Å². The molecule has 3 aromatic rings. The highest BCUT2D eigenvalue weighted by Crippen LogP contribution is 2.32. The molecule has 2 aliphatic heterocycles. The van der Waals surface area contributed by atoms with Crippen molar-refractivity contribution in [1.29, 1.82) is 0 Å². The fourth-order valence-electron chi connectivity index (χ4n) is 4.15. The van der Waals surface area contributed by atoms with Crippen LogP contribution in [0.1, 0.15) is 23.2 Å². The molecule has 0 bridgehead atoms. The number of benzene rings is 1. The normalized spacial score (nSPS) is 17.8. The molecule has 3 N–H and O–H groups in total. The Bertz CT molecular complexity index is 1070. The van der Waals surface area contributed by atoms with Gasteiger partial charge in [0.05, 0.1) is 12.1 Å². The third-order valence-electron chi connectivity index (χ3n) is 6.00. The van der Waals surface area contributed by atoms with E-state index in [9.17, 15) is 4.79 Å². The fourth-order valence-corrected chi connectivity index (χ4v) is 4.15. The standard InChI is InChI=1S/C22H26N6O2/c1-28-7-4-14(5-8-28)11-25-22-26-13-18-17(12-24-20(18)27-22)15-2-3-16-19(10-15)30-9-6-23-21(16)29/h2-3,10,12-14H,4-9,11H2,1H3,(H,23,29)(H2,24,25,26,27). The minimum absolute atomic E-state index is 0.100. The molecular formula is C22H26N6O2. The maximum Gasteiger partial charge on any atom is 0.255 e. The number of likely N-dealkylation sites (tertiary alicyclic amines) is 1. The second-order valence-corrected chi connectivity index (χ2v) is 8.10. The molecule has 30 heavy (non-hydrogen) atoms. The van der Waals surface area contributed by atoms with Gasteiger partial charge in [0.1, 0.15) is 18.0 Å². The van der Waals surface area contributed by atoms with E-state index >= 15 is 0 Å². The van der Waals surface area contributed by atoms with Gasteiger partial charge in [0.2, 0.25) is 5.95 Å². The number of ether oxygens (including phenoxy) is 1. The Labute approximate surface area is 175 Å². The minimum Gasteiger partial charge on any atom is -0.491 e. The van der Waals surface area contributed by atoms with Crippen molar-refractivity contribution in [1.82, 2.24) is 25.2 Å². The Kier molecular flexibility index (Phi) is 5.00. The number of piperidine rings is 1. The largest absolute Gasteiger partial charge is 0.491 e. The zero-order chi connectivity index (χ0) is 20.5. The van der Waals surface area contributed by atoms with Gasteiger partial charge in [-0.05, 0) is 56.6 Å². The quantitative estimate of drug-likeness (QED) is 0.616. The summed E-state index contributed by atoms with van der Waals surface area (Å²) in [5, 5.41) is 7.17. The number of amides is 1. The molecule has 156 valence electrons. The van der Waals surface area contributed by atoms with Crippen molar-refractivity contribution in [2.45, 2.75) is 12.8 Å². The molecule has 8 nitrogen and oxygen atoms in total. The molecule has 2 aromatic heterocycles. The van der Waals surface area contributed by atoms with Gasteiger partial charge in [-0.1, -0.05) is 6.07 Å². The summed E-state index contributed by atoms with van der Waals surface area (Å²) >= 11 is 0. The van der Waals surface area contributed by atoms with Gasteiger partial charge >= 0.3 is 0 Å². The first-order valence-corrected chi connectivity index (χ1v) is 10.5. The van der Waals surface area contributed by atoms with E-state index in [1.54, 1.807) is 0 Å². The predicted octanol–water partition coefficient (Wildman–Crippen LogP) is 2.50. The van der Waals surface area contributed by atoms with E-state index < -0.39 is 0 Å². The number of aromatic amines is 1. The van der Waals surface area contributed by atoms with Crippen LogP contribution in [-0.4, -0.2) is 65.6 Å². The van der Waals surface area contributed by atoms with Crippen LogP contribution in [0.25, 0.3) is 22.2 Å². The van der Waals surface area contributed by atoms with Gasteiger partial charge in [-0.2, -0.15) is 4.98 Å². The molecule has 8 heteroatoms. The summed E-state index contributed by atoms with van der Waals surface area (Å²) in [6, 6.07) is 5.65. The fraction of sp³-hybridized carbons (Fsp3) is 0.409. The lowest BCUT2D eigenvalue weighted by molar-refractivity contribution is 0.0957. The lowest BCUT2D eigenvalue weighted by Gasteiger charge is -2.28. The van der Waals surface area contributed by atoms with Crippen molar-refractivity contribution >= 4 is 22.9 Å². The van der Waals surface area contributed by atoms with E-state index in [1.165, 1.54) is 12.8 Å². The first-order chi connectivity index (χ1) is 14.7. The predicted molar refractivity (Wildman–Crippen MR) is 116 cm³/mol. The molecule has 1 amide bonds. The van der Waals surface area contributed by atoms with Gasteiger partial charge in [-0.15, -0.1) is 0 Å². The van der Waals surface area contributed by atoms with E-state index in [0.29, 0.717) is 36.3 Å². The number of rotatable bonds is 4. The molecule has 2 aliphatic rings. The number of fused-ring (bicyclic) bond motifs is 2. The zero-order valence-electron chi connectivity index (χ0n) is 17.1. The van der Waals surface area contributed by atoms with Crippen LogP contribution in [0.4, 0.5) is 5.95 Å². The smallest absolute Gasteiger partial charge is 0.255 e. The summed E-state index contributed by atoms with van der Waals surface area (Å²) in [7, 11) is 2.18. The van der Waals surface area contributed by atoms with Crippen molar-refractivity contribution < 1.29 is 9.53 Å². The number of hydrogen-bond acceptors (Lipinski definition) is 6. The summed E-state index contributed by atoms with van der Waals surface area (Å²) < 4.78 is 5.75. The molecular weight excluding hydrogens is 380 g/mol. The lowest BCUT2D eigenvalue weighted by atomic mass is 9.97. The molecule has 0 unspecified atom stereocenters. The number of H-pyrrole nitrogens is 1. The van der Waals surface area contributed by atoms with Crippen LogP contribution in [0.3, 0.4) is 0 Å². The molecule has 1 aromatic carbocycles. The van der Waals surface area contributed by atoms with E-state index in [0.717, 1.165) is 41.8 Å². The number of nitrogens with one attached hydrogen (secondary N) is 3. The van der Waals surface area contributed by atoms with E-state index in [1.807, 2.05) is 30.6 Å². The third-order valence-corrected chi connectivity index (χ3v) is 6.00. The maximum atomic E-state index is 12.1. The van der Waals surface area contributed by atoms with Crippen LogP contribution in [0, 0.1) is 5.92 Å². The van der Waals surface area contributed by atoms with Crippen LogP contribution < -0.4 is 15.4 Å². The highest BCUT2D eigenvalue weighted by molar-refractivity contribution is 5.99. The average Bonchev–Trinajstić information content (AvgIpc) is 3.10. The summed E-state index contributed by atoms with van der Waals surface area (Å²) in [4.78, 5) is 26.9. The first-order valence-electron chi connectivity index (χ1n) is 10.5. The van der Waals surface area contributed by atoms with Gasteiger partial charge in [-0.25, -0.2) is 4.98 Å². The Balaban J connectivity index is 1.35.